The zero-order valence-electron chi connectivity index (χ0n) is 10.8. The van der Waals surface area contributed by atoms with Crippen molar-refractivity contribution in [1.29, 1.82) is 0 Å². The van der Waals surface area contributed by atoms with Crippen LogP contribution >= 0.6 is 12.2 Å². The Hall–Kier alpha value is -1.39. The summed E-state index contributed by atoms with van der Waals surface area (Å²) in [5, 5.41) is 1.13. The molecular formula is C15H18N2OS. The molecule has 0 amide bonds. The van der Waals surface area contributed by atoms with Crippen LogP contribution in [0.5, 0.6) is 0 Å². The van der Waals surface area contributed by atoms with E-state index in [0.717, 1.165) is 30.5 Å². The van der Waals surface area contributed by atoms with E-state index in [1.54, 1.807) is 0 Å². The smallest absolute Gasteiger partial charge is 0.104 e. The second-order valence-corrected chi connectivity index (χ2v) is 5.50. The zero-order valence-corrected chi connectivity index (χ0v) is 11.7. The van der Waals surface area contributed by atoms with Gasteiger partial charge in [0.1, 0.15) is 4.99 Å². The lowest BCUT2D eigenvalue weighted by atomic mass is 10.1. The van der Waals surface area contributed by atoms with Crippen molar-refractivity contribution >= 4 is 28.1 Å². The molecule has 1 fully saturated rings. The lowest BCUT2D eigenvalue weighted by Crippen LogP contribution is -2.24. The van der Waals surface area contributed by atoms with Crippen LogP contribution in [0, 0.1) is 0 Å². The molecule has 2 heterocycles. The van der Waals surface area contributed by atoms with Crippen LogP contribution in [0.15, 0.2) is 30.5 Å². The fraction of sp³-hybridized carbons (Fsp3) is 0.400. The van der Waals surface area contributed by atoms with Gasteiger partial charge in [-0.3, -0.25) is 0 Å². The molecule has 0 saturated carbocycles. The van der Waals surface area contributed by atoms with E-state index < -0.39 is 0 Å². The van der Waals surface area contributed by atoms with Crippen molar-refractivity contribution in [1.82, 2.24) is 4.57 Å². The number of fused-ring (bicyclic) bond motifs is 1. The number of nitrogens with two attached hydrogens (primary N) is 1. The van der Waals surface area contributed by atoms with Crippen molar-refractivity contribution in [2.75, 3.05) is 6.61 Å². The van der Waals surface area contributed by atoms with E-state index in [1.165, 1.54) is 18.4 Å². The van der Waals surface area contributed by atoms with Gasteiger partial charge in [0, 0.05) is 35.8 Å². The lowest BCUT2D eigenvalue weighted by molar-refractivity contribution is 0.00670. The average Bonchev–Trinajstić information content (AvgIpc) is 2.83. The van der Waals surface area contributed by atoms with Crippen LogP contribution in [-0.4, -0.2) is 22.3 Å². The van der Waals surface area contributed by atoms with Gasteiger partial charge in [-0.25, -0.2) is 0 Å². The van der Waals surface area contributed by atoms with Crippen molar-refractivity contribution in [3.8, 4) is 0 Å². The quantitative estimate of drug-likeness (QED) is 0.875. The van der Waals surface area contributed by atoms with Crippen LogP contribution in [0.2, 0.25) is 0 Å². The Morgan fingerprint density at radius 3 is 3.00 bits per heavy atom. The molecule has 100 valence electrons. The van der Waals surface area contributed by atoms with Gasteiger partial charge in [-0.1, -0.05) is 24.4 Å². The normalized spacial score (nSPS) is 19.7. The zero-order chi connectivity index (χ0) is 13.2. The molecule has 1 aromatic heterocycles. The third kappa shape index (κ3) is 2.51. The summed E-state index contributed by atoms with van der Waals surface area (Å²) in [6.07, 6.45) is 6.04. The van der Waals surface area contributed by atoms with Gasteiger partial charge < -0.3 is 15.0 Å². The summed E-state index contributed by atoms with van der Waals surface area (Å²) in [5.41, 5.74) is 7.91. The van der Waals surface area contributed by atoms with Crippen molar-refractivity contribution in [2.45, 2.75) is 31.9 Å². The number of benzene rings is 1. The van der Waals surface area contributed by atoms with Gasteiger partial charge in [-0.2, -0.15) is 0 Å². The van der Waals surface area contributed by atoms with E-state index in [4.69, 9.17) is 22.7 Å². The Morgan fingerprint density at radius 1 is 1.37 bits per heavy atom. The summed E-state index contributed by atoms with van der Waals surface area (Å²) in [7, 11) is 0. The molecule has 19 heavy (non-hydrogen) atoms. The molecule has 2 aromatic rings. The fourth-order valence-corrected chi connectivity index (χ4v) is 2.95. The monoisotopic (exact) mass is 274 g/mol. The van der Waals surface area contributed by atoms with E-state index in [1.807, 2.05) is 12.1 Å². The van der Waals surface area contributed by atoms with E-state index >= 15 is 0 Å². The third-order valence-electron chi connectivity index (χ3n) is 3.75. The topological polar surface area (TPSA) is 40.2 Å². The van der Waals surface area contributed by atoms with Crippen LogP contribution in [0.1, 0.15) is 24.8 Å². The number of thiocarbonyl (C=S) groups is 1. The predicted octanol–water partition coefficient (Wildman–Crippen LogP) is 2.84. The molecule has 0 aliphatic carbocycles. The molecule has 1 aliphatic rings. The molecule has 0 bridgehead atoms. The van der Waals surface area contributed by atoms with Crippen molar-refractivity contribution in [3.63, 3.8) is 0 Å². The second-order valence-electron chi connectivity index (χ2n) is 5.06. The molecule has 1 aromatic carbocycles. The minimum atomic E-state index is 0.331. The molecule has 1 aliphatic heterocycles. The van der Waals surface area contributed by atoms with Crippen LogP contribution in [0.4, 0.5) is 0 Å². The molecule has 3 nitrogen and oxygen atoms in total. The Bertz CT molecular complexity index is 599. The van der Waals surface area contributed by atoms with Crippen LogP contribution in [-0.2, 0) is 11.3 Å². The Labute approximate surface area is 118 Å². The van der Waals surface area contributed by atoms with Crippen LogP contribution in [0.25, 0.3) is 10.9 Å². The molecule has 1 unspecified atom stereocenters. The largest absolute Gasteiger partial charge is 0.389 e. The molecule has 1 atom stereocenters. The van der Waals surface area contributed by atoms with Crippen molar-refractivity contribution in [3.05, 3.63) is 36.0 Å². The fourth-order valence-electron chi connectivity index (χ4n) is 2.77. The summed E-state index contributed by atoms with van der Waals surface area (Å²) in [5.74, 6) is 0. The highest BCUT2D eigenvalue weighted by atomic mass is 32.1. The molecule has 4 heteroatoms. The summed E-state index contributed by atoms with van der Waals surface area (Å²) < 4.78 is 8.05. The Kier molecular flexibility index (Phi) is 3.53. The third-order valence-corrected chi connectivity index (χ3v) is 3.97. The first-order valence-electron chi connectivity index (χ1n) is 6.75. The number of aromatic nitrogens is 1. The maximum atomic E-state index is 5.81. The highest BCUT2D eigenvalue weighted by Gasteiger charge is 2.15. The van der Waals surface area contributed by atoms with Crippen molar-refractivity contribution < 1.29 is 4.74 Å². The lowest BCUT2D eigenvalue weighted by Gasteiger charge is -2.23. The summed E-state index contributed by atoms with van der Waals surface area (Å²) in [4.78, 5) is 0.456. The maximum absolute atomic E-state index is 5.81. The van der Waals surface area contributed by atoms with Gasteiger partial charge in [0.05, 0.1) is 6.10 Å². The van der Waals surface area contributed by atoms with Gasteiger partial charge in [-0.15, -0.1) is 0 Å². The highest BCUT2D eigenvalue weighted by Crippen LogP contribution is 2.22. The highest BCUT2D eigenvalue weighted by molar-refractivity contribution is 7.80. The molecule has 2 N–H and O–H groups in total. The number of hydrogen-bond acceptors (Lipinski definition) is 2. The number of nitrogens with zero attached hydrogens (tertiary/aromatic N) is 1. The minimum absolute atomic E-state index is 0.331. The molecule has 3 rings (SSSR count). The van der Waals surface area contributed by atoms with Crippen molar-refractivity contribution in [2.24, 2.45) is 5.73 Å². The molecular weight excluding hydrogens is 256 g/mol. The van der Waals surface area contributed by atoms with Crippen LogP contribution < -0.4 is 5.73 Å². The van der Waals surface area contributed by atoms with Gasteiger partial charge in [0.15, 0.2) is 0 Å². The van der Waals surface area contributed by atoms with Gasteiger partial charge in [-0.05, 0) is 31.4 Å². The van der Waals surface area contributed by atoms with E-state index in [2.05, 4.69) is 22.9 Å². The first kappa shape index (κ1) is 12.6. The first-order chi connectivity index (χ1) is 9.25. The summed E-state index contributed by atoms with van der Waals surface area (Å²) in [6, 6.07) is 8.19. The maximum Gasteiger partial charge on any atom is 0.104 e. The molecule has 0 radical (unpaired) electrons. The Morgan fingerprint density at radius 2 is 2.26 bits per heavy atom. The average molecular weight is 274 g/mol. The molecule has 1 saturated heterocycles. The summed E-state index contributed by atoms with van der Waals surface area (Å²) >= 11 is 5.10. The van der Waals surface area contributed by atoms with E-state index in [0.29, 0.717) is 11.1 Å². The number of ether oxygens (including phenoxy) is 1. The number of rotatable bonds is 3. The number of hydrogen-bond donors (Lipinski definition) is 1. The van der Waals surface area contributed by atoms with Gasteiger partial charge in [0.2, 0.25) is 0 Å². The molecule has 0 spiro atoms. The summed E-state index contributed by atoms with van der Waals surface area (Å²) in [6.45, 7) is 1.80. The van der Waals surface area contributed by atoms with E-state index in [9.17, 15) is 0 Å². The second kappa shape index (κ2) is 5.31. The van der Waals surface area contributed by atoms with Crippen LogP contribution in [0.3, 0.4) is 0 Å². The van der Waals surface area contributed by atoms with E-state index in [-0.39, 0.29) is 0 Å². The Balaban J connectivity index is 1.92. The standard InChI is InChI=1S/C15H18N2OS/c16-15(19)13-5-3-6-14-12(13)7-8-17(14)10-11-4-1-2-9-18-11/h3,5-8,11H,1-2,4,9-10H2,(H2,16,19). The first-order valence-corrected chi connectivity index (χ1v) is 7.16. The van der Waals surface area contributed by atoms with Gasteiger partial charge in [0.25, 0.3) is 0 Å². The SMILES string of the molecule is NC(=S)c1cccc2c1ccn2CC1CCCCO1. The minimum Gasteiger partial charge on any atom is -0.389 e. The predicted molar refractivity (Wildman–Crippen MR) is 81.4 cm³/mol. The van der Waals surface area contributed by atoms with Gasteiger partial charge >= 0.3 is 0 Å².